The van der Waals surface area contributed by atoms with Crippen molar-refractivity contribution in [2.45, 2.75) is 19.4 Å². The zero-order valence-electron chi connectivity index (χ0n) is 6.65. The molecular formula is C6H10O5S. The normalized spacial score (nSPS) is 27.9. The summed E-state index contributed by atoms with van der Waals surface area (Å²) >= 11 is 0. The first-order valence-electron chi connectivity index (χ1n) is 3.54. The van der Waals surface area contributed by atoms with E-state index < -0.39 is 22.2 Å². The van der Waals surface area contributed by atoms with E-state index in [4.69, 9.17) is 4.74 Å². The van der Waals surface area contributed by atoms with Crippen molar-refractivity contribution in [3.8, 4) is 0 Å². The minimum atomic E-state index is -3.45. The van der Waals surface area contributed by atoms with Gasteiger partial charge in [-0.3, -0.25) is 8.98 Å². The zero-order valence-corrected chi connectivity index (χ0v) is 7.46. The topological polar surface area (TPSA) is 69.7 Å². The van der Waals surface area contributed by atoms with Gasteiger partial charge < -0.3 is 4.74 Å². The van der Waals surface area contributed by atoms with Crippen LogP contribution in [0.15, 0.2) is 0 Å². The maximum Gasteiger partial charge on any atom is 0.302 e. The van der Waals surface area contributed by atoms with Crippen LogP contribution in [0.25, 0.3) is 0 Å². The van der Waals surface area contributed by atoms with Gasteiger partial charge in [0.15, 0.2) is 0 Å². The minimum absolute atomic E-state index is 0.0975. The molecule has 1 aliphatic rings. The summed E-state index contributed by atoms with van der Waals surface area (Å²) in [4.78, 5) is 10.5. The maximum atomic E-state index is 10.8. The summed E-state index contributed by atoms with van der Waals surface area (Å²) in [6.45, 7) is 1.35. The first-order chi connectivity index (χ1) is 5.49. The fourth-order valence-corrected chi connectivity index (χ4v) is 2.13. The van der Waals surface area contributed by atoms with Crippen molar-refractivity contribution in [2.75, 3.05) is 12.4 Å². The van der Waals surface area contributed by atoms with Crippen LogP contribution in [0.1, 0.15) is 13.3 Å². The number of carbonyl (C=O) groups excluding carboxylic acids is 1. The van der Waals surface area contributed by atoms with Crippen molar-refractivity contribution in [3.63, 3.8) is 0 Å². The molecule has 0 aromatic heterocycles. The average molecular weight is 194 g/mol. The van der Waals surface area contributed by atoms with Gasteiger partial charge in [-0.15, -0.1) is 0 Å². The molecule has 0 amide bonds. The molecule has 0 aromatic carbocycles. The maximum absolute atomic E-state index is 10.8. The van der Waals surface area contributed by atoms with Crippen LogP contribution >= 0.6 is 0 Å². The second-order valence-electron chi connectivity index (χ2n) is 2.57. The first-order valence-corrected chi connectivity index (χ1v) is 5.12. The molecule has 70 valence electrons. The SMILES string of the molecule is CC(=O)OC1CCOS(=O)(=O)C1. The highest BCUT2D eigenvalue weighted by atomic mass is 32.2. The summed E-state index contributed by atoms with van der Waals surface area (Å²) in [5.74, 6) is -0.691. The zero-order chi connectivity index (χ0) is 9.19. The predicted octanol–water partition coefficient (Wildman–Crippen LogP) is -0.332. The van der Waals surface area contributed by atoms with E-state index in [0.717, 1.165) is 0 Å². The average Bonchev–Trinajstić information content (AvgIpc) is 1.82. The van der Waals surface area contributed by atoms with E-state index in [2.05, 4.69) is 4.18 Å². The van der Waals surface area contributed by atoms with Crippen LogP contribution < -0.4 is 0 Å². The Kier molecular flexibility index (Phi) is 2.69. The molecule has 0 aromatic rings. The monoisotopic (exact) mass is 194 g/mol. The summed E-state index contributed by atoms with van der Waals surface area (Å²) in [6, 6.07) is 0. The van der Waals surface area contributed by atoms with E-state index in [-0.39, 0.29) is 12.4 Å². The van der Waals surface area contributed by atoms with Gasteiger partial charge >= 0.3 is 5.97 Å². The predicted molar refractivity (Wildman–Crippen MR) is 39.9 cm³/mol. The second-order valence-corrected chi connectivity index (χ2v) is 4.25. The Bertz CT molecular complexity index is 268. The van der Waals surface area contributed by atoms with Gasteiger partial charge in [-0.25, -0.2) is 0 Å². The van der Waals surface area contributed by atoms with Crippen LogP contribution in [0.5, 0.6) is 0 Å². The lowest BCUT2D eigenvalue weighted by molar-refractivity contribution is -0.146. The second kappa shape index (κ2) is 3.40. The Hall–Kier alpha value is -0.620. The van der Waals surface area contributed by atoms with Crippen LogP contribution in [-0.2, 0) is 23.8 Å². The van der Waals surface area contributed by atoms with Crippen molar-refractivity contribution in [2.24, 2.45) is 0 Å². The number of hydrogen-bond donors (Lipinski definition) is 0. The Morgan fingerprint density at radius 3 is 2.75 bits per heavy atom. The smallest absolute Gasteiger partial charge is 0.302 e. The molecule has 1 unspecified atom stereocenters. The van der Waals surface area contributed by atoms with Gasteiger partial charge in [0.25, 0.3) is 10.1 Å². The minimum Gasteiger partial charge on any atom is -0.461 e. The van der Waals surface area contributed by atoms with Crippen molar-refractivity contribution in [3.05, 3.63) is 0 Å². The van der Waals surface area contributed by atoms with E-state index in [0.29, 0.717) is 6.42 Å². The van der Waals surface area contributed by atoms with Gasteiger partial charge in [-0.05, 0) is 0 Å². The molecule has 0 spiro atoms. The quantitative estimate of drug-likeness (QED) is 0.422. The van der Waals surface area contributed by atoms with Gasteiger partial charge in [0, 0.05) is 13.3 Å². The van der Waals surface area contributed by atoms with Gasteiger partial charge in [0.2, 0.25) is 0 Å². The lowest BCUT2D eigenvalue weighted by Gasteiger charge is -2.20. The molecule has 1 aliphatic heterocycles. The highest BCUT2D eigenvalue weighted by Gasteiger charge is 2.27. The van der Waals surface area contributed by atoms with Crippen molar-refractivity contribution in [1.29, 1.82) is 0 Å². The van der Waals surface area contributed by atoms with Crippen LogP contribution in [0.4, 0.5) is 0 Å². The van der Waals surface area contributed by atoms with Gasteiger partial charge in [-0.2, -0.15) is 8.42 Å². The third kappa shape index (κ3) is 2.78. The molecule has 12 heavy (non-hydrogen) atoms. The van der Waals surface area contributed by atoms with Crippen molar-refractivity contribution < 1.29 is 22.1 Å². The van der Waals surface area contributed by atoms with Crippen molar-refractivity contribution in [1.82, 2.24) is 0 Å². The largest absolute Gasteiger partial charge is 0.461 e. The van der Waals surface area contributed by atoms with Crippen LogP contribution in [0.2, 0.25) is 0 Å². The van der Waals surface area contributed by atoms with Gasteiger partial charge in [0.05, 0.1) is 6.61 Å². The summed E-state index contributed by atoms with van der Waals surface area (Å²) in [5.41, 5.74) is 0. The van der Waals surface area contributed by atoms with Crippen LogP contribution in [0, 0.1) is 0 Å². The van der Waals surface area contributed by atoms with E-state index in [1.54, 1.807) is 0 Å². The molecular weight excluding hydrogens is 184 g/mol. The molecule has 0 saturated carbocycles. The number of ether oxygens (including phenoxy) is 1. The Labute approximate surface area is 70.8 Å². The van der Waals surface area contributed by atoms with Crippen molar-refractivity contribution >= 4 is 16.1 Å². The van der Waals surface area contributed by atoms with Gasteiger partial charge in [-0.1, -0.05) is 0 Å². The molecule has 1 saturated heterocycles. The lowest BCUT2D eigenvalue weighted by atomic mass is 10.3. The Morgan fingerprint density at radius 1 is 1.58 bits per heavy atom. The number of rotatable bonds is 1. The van der Waals surface area contributed by atoms with E-state index in [1.807, 2.05) is 0 Å². The molecule has 1 atom stereocenters. The number of hydrogen-bond acceptors (Lipinski definition) is 5. The third-order valence-electron chi connectivity index (χ3n) is 1.43. The summed E-state index contributed by atoms with van der Waals surface area (Å²) in [5, 5.41) is 0. The molecule has 1 heterocycles. The molecule has 6 heteroatoms. The molecule has 1 fully saturated rings. The summed E-state index contributed by atoms with van der Waals surface area (Å²) in [7, 11) is -3.45. The summed E-state index contributed by atoms with van der Waals surface area (Å²) < 4.78 is 30.8. The first kappa shape index (κ1) is 9.47. The Morgan fingerprint density at radius 2 is 2.25 bits per heavy atom. The molecule has 5 nitrogen and oxygen atoms in total. The fraction of sp³-hybridized carbons (Fsp3) is 0.833. The highest BCUT2D eigenvalue weighted by Crippen LogP contribution is 2.12. The molecule has 0 bridgehead atoms. The molecule has 0 aliphatic carbocycles. The number of carbonyl (C=O) groups is 1. The number of esters is 1. The van der Waals surface area contributed by atoms with Gasteiger partial charge in [0.1, 0.15) is 11.9 Å². The fourth-order valence-electron chi connectivity index (χ4n) is 0.993. The summed E-state index contributed by atoms with van der Waals surface area (Å²) in [6.07, 6.45) is -0.0972. The lowest BCUT2D eigenvalue weighted by Crippen LogP contribution is -2.33. The molecule has 0 N–H and O–H groups in total. The van der Waals surface area contributed by atoms with E-state index in [9.17, 15) is 13.2 Å². The Balaban J connectivity index is 2.53. The third-order valence-corrected chi connectivity index (χ3v) is 2.73. The van der Waals surface area contributed by atoms with Crippen LogP contribution in [-0.4, -0.2) is 32.9 Å². The van der Waals surface area contributed by atoms with Crippen LogP contribution in [0.3, 0.4) is 0 Å². The van der Waals surface area contributed by atoms with E-state index in [1.165, 1.54) is 6.92 Å². The van der Waals surface area contributed by atoms with E-state index >= 15 is 0 Å². The molecule has 0 radical (unpaired) electrons. The molecule has 1 rings (SSSR count). The standard InChI is InChI=1S/C6H10O5S/c1-5(7)11-6-2-3-10-12(8,9)4-6/h6H,2-4H2,1H3. The highest BCUT2D eigenvalue weighted by molar-refractivity contribution is 7.86.